The average molecular weight is 248 g/mol. The zero-order valence-electron chi connectivity index (χ0n) is 11.9. The summed E-state index contributed by atoms with van der Waals surface area (Å²) in [5, 5.41) is 10.6. The van der Waals surface area contributed by atoms with Gasteiger partial charge in [0.15, 0.2) is 0 Å². The van der Waals surface area contributed by atoms with Crippen molar-refractivity contribution in [3.8, 4) is 5.75 Å². The lowest BCUT2D eigenvalue weighted by Gasteiger charge is -2.38. The van der Waals surface area contributed by atoms with Gasteiger partial charge in [0.05, 0.1) is 12.7 Å². The Morgan fingerprint density at radius 1 is 1.28 bits per heavy atom. The molecule has 0 saturated heterocycles. The predicted molar refractivity (Wildman–Crippen MR) is 75.9 cm³/mol. The van der Waals surface area contributed by atoms with Gasteiger partial charge in [0.1, 0.15) is 5.75 Å². The van der Waals surface area contributed by atoms with Crippen LogP contribution in [0, 0.1) is 5.41 Å². The van der Waals surface area contributed by atoms with Crippen LogP contribution in [0.25, 0.3) is 0 Å². The van der Waals surface area contributed by atoms with Crippen molar-refractivity contribution in [2.45, 2.75) is 39.2 Å². The van der Waals surface area contributed by atoms with E-state index < -0.39 is 5.60 Å². The largest absolute Gasteiger partial charge is 0.496 e. The summed E-state index contributed by atoms with van der Waals surface area (Å²) >= 11 is 0. The molecule has 0 aliphatic heterocycles. The Hall–Kier alpha value is -1.28. The number of benzene rings is 1. The zero-order chi connectivity index (χ0) is 13.8. The van der Waals surface area contributed by atoms with E-state index in [2.05, 4.69) is 6.58 Å². The van der Waals surface area contributed by atoms with Crippen LogP contribution in [0.3, 0.4) is 0 Å². The first-order valence-corrected chi connectivity index (χ1v) is 6.32. The van der Waals surface area contributed by atoms with E-state index in [1.54, 1.807) is 13.2 Å². The van der Waals surface area contributed by atoms with Crippen LogP contribution in [0.4, 0.5) is 0 Å². The molecular formula is C16H24O2. The summed E-state index contributed by atoms with van der Waals surface area (Å²) in [6, 6.07) is 7.91. The molecule has 1 aromatic rings. The molecule has 0 spiro atoms. The first kappa shape index (κ1) is 14.8. The Labute approximate surface area is 110 Å². The maximum Gasteiger partial charge on any atom is 0.122 e. The van der Waals surface area contributed by atoms with Crippen LogP contribution in [-0.2, 0) is 6.42 Å². The van der Waals surface area contributed by atoms with Crippen LogP contribution in [0.15, 0.2) is 36.9 Å². The van der Waals surface area contributed by atoms with Crippen molar-refractivity contribution in [1.29, 1.82) is 0 Å². The molecule has 0 fully saturated rings. The minimum atomic E-state index is -0.867. The standard InChI is InChI=1S/C16H24O2/c1-6-16(17,15(2,3)4)12-11-13-9-7-8-10-14(13)18-5/h6-10,17H,1,11-12H2,2-5H3. The number of aryl methyl sites for hydroxylation is 1. The summed E-state index contributed by atoms with van der Waals surface area (Å²) in [5.41, 5.74) is 0.0227. The SMILES string of the molecule is C=CC(O)(CCc1ccccc1OC)C(C)(C)C. The highest BCUT2D eigenvalue weighted by atomic mass is 16.5. The molecule has 1 rings (SSSR count). The van der Waals surface area contributed by atoms with Gasteiger partial charge in [-0.1, -0.05) is 45.0 Å². The monoisotopic (exact) mass is 248 g/mol. The van der Waals surface area contributed by atoms with E-state index in [-0.39, 0.29) is 5.41 Å². The summed E-state index contributed by atoms with van der Waals surface area (Å²) < 4.78 is 5.32. The van der Waals surface area contributed by atoms with E-state index in [0.29, 0.717) is 6.42 Å². The molecule has 1 unspecified atom stereocenters. The van der Waals surface area contributed by atoms with E-state index in [9.17, 15) is 5.11 Å². The second kappa shape index (κ2) is 5.57. The fraction of sp³-hybridized carbons (Fsp3) is 0.500. The van der Waals surface area contributed by atoms with E-state index in [1.807, 2.05) is 45.0 Å². The maximum atomic E-state index is 10.6. The third kappa shape index (κ3) is 3.14. The lowest BCUT2D eigenvalue weighted by Crippen LogP contribution is -2.41. The molecule has 18 heavy (non-hydrogen) atoms. The molecule has 0 heterocycles. The fourth-order valence-corrected chi connectivity index (χ4v) is 2.02. The van der Waals surface area contributed by atoms with Crippen LogP contribution < -0.4 is 4.74 Å². The minimum Gasteiger partial charge on any atom is -0.496 e. The van der Waals surface area contributed by atoms with Crippen molar-refractivity contribution in [2.75, 3.05) is 7.11 Å². The third-order valence-corrected chi connectivity index (χ3v) is 3.60. The highest BCUT2D eigenvalue weighted by Gasteiger charge is 2.36. The van der Waals surface area contributed by atoms with Gasteiger partial charge in [0.2, 0.25) is 0 Å². The van der Waals surface area contributed by atoms with Crippen molar-refractivity contribution in [2.24, 2.45) is 5.41 Å². The topological polar surface area (TPSA) is 29.5 Å². The minimum absolute atomic E-state index is 0.225. The van der Waals surface area contributed by atoms with Crippen molar-refractivity contribution in [3.63, 3.8) is 0 Å². The van der Waals surface area contributed by atoms with Crippen LogP contribution in [0.5, 0.6) is 5.75 Å². The molecule has 1 aromatic carbocycles. The number of methoxy groups -OCH3 is 1. The Morgan fingerprint density at radius 3 is 2.39 bits per heavy atom. The molecule has 0 radical (unpaired) electrons. The first-order valence-electron chi connectivity index (χ1n) is 6.32. The fourth-order valence-electron chi connectivity index (χ4n) is 2.02. The Bertz CT molecular complexity index is 404. The summed E-state index contributed by atoms with van der Waals surface area (Å²) in [5.74, 6) is 0.873. The van der Waals surface area contributed by atoms with Crippen LogP contribution in [-0.4, -0.2) is 17.8 Å². The molecule has 2 heteroatoms. The van der Waals surface area contributed by atoms with Gasteiger partial charge in [-0.15, -0.1) is 6.58 Å². The first-order chi connectivity index (χ1) is 8.34. The number of hydrogen-bond acceptors (Lipinski definition) is 2. The van der Waals surface area contributed by atoms with E-state index in [0.717, 1.165) is 17.7 Å². The predicted octanol–water partition coefficient (Wildman–Crippen LogP) is 3.59. The molecule has 2 nitrogen and oxygen atoms in total. The molecule has 100 valence electrons. The highest BCUT2D eigenvalue weighted by Crippen LogP contribution is 2.35. The molecule has 1 N–H and O–H groups in total. The lowest BCUT2D eigenvalue weighted by atomic mass is 9.73. The number of hydrogen-bond donors (Lipinski definition) is 1. The van der Waals surface area contributed by atoms with Gasteiger partial charge in [0.25, 0.3) is 0 Å². The van der Waals surface area contributed by atoms with Gasteiger partial charge in [-0.25, -0.2) is 0 Å². The molecule has 0 aromatic heterocycles. The Morgan fingerprint density at radius 2 is 1.89 bits per heavy atom. The highest BCUT2D eigenvalue weighted by molar-refractivity contribution is 5.33. The Kier molecular flexibility index (Phi) is 4.58. The van der Waals surface area contributed by atoms with Gasteiger partial charge < -0.3 is 9.84 Å². The molecule has 0 saturated carbocycles. The van der Waals surface area contributed by atoms with E-state index in [4.69, 9.17) is 4.74 Å². The van der Waals surface area contributed by atoms with E-state index in [1.165, 1.54) is 0 Å². The second-order valence-corrected chi connectivity index (χ2v) is 5.69. The van der Waals surface area contributed by atoms with Crippen molar-refractivity contribution < 1.29 is 9.84 Å². The number of ether oxygens (including phenoxy) is 1. The molecule has 1 atom stereocenters. The van der Waals surface area contributed by atoms with Crippen molar-refractivity contribution in [3.05, 3.63) is 42.5 Å². The number of rotatable bonds is 5. The van der Waals surface area contributed by atoms with Crippen LogP contribution in [0.1, 0.15) is 32.8 Å². The number of aliphatic hydroxyl groups is 1. The molecule has 0 aliphatic carbocycles. The van der Waals surface area contributed by atoms with E-state index >= 15 is 0 Å². The molecule has 0 aliphatic rings. The van der Waals surface area contributed by atoms with Crippen molar-refractivity contribution >= 4 is 0 Å². The quantitative estimate of drug-likeness (QED) is 0.807. The molecule has 0 amide bonds. The van der Waals surface area contributed by atoms with Gasteiger partial charge in [0, 0.05) is 0 Å². The van der Waals surface area contributed by atoms with Crippen LogP contribution in [0.2, 0.25) is 0 Å². The van der Waals surface area contributed by atoms with Gasteiger partial charge >= 0.3 is 0 Å². The summed E-state index contributed by atoms with van der Waals surface area (Å²) in [6.07, 6.45) is 3.06. The van der Waals surface area contributed by atoms with Crippen molar-refractivity contribution in [1.82, 2.24) is 0 Å². The normalized spacial score (nSPS) is 14.9. The van der Waals surface area contributed by atoms with Gasteiger partial charge in [-0.2, -0.15) is 0 Å². The lowest BCUT2D eigenvalue weighted by molar-refractivity contribution is -0.0202. The smallest absolute Gasteiger partial charge is 0.122 e. The average Bonchev–Trinajstić information content (AvgIpc) is 2.34. The summed E-state index contributed by atoms with van der Waals surface area (Å²) in [6.45, 7) is 9.85. The Balaban J connectivity index is 2.84. The zero-order valence-corrected chi connectivity index (χ0v) is 11.9. The summed E-state index contributed by atoms with van der Waals surface area (Å²) in [7, 11) is 1.67. The summed E-state index contributed by atoms with van der Waals surface area (Å²) in [4.78, 5) is 0. The maximum absolute atomic E-state index is 10.6. The number of para-hydroxylation sites is 1. The van der Waals surface area contributed by atoms with Gasteiger partial charge in [-0.3, -0.25) is 0 Å². The van der Waals surface area contributed by atoms with Crippen LogP contribution >= 0.6 is 0 Å². The second-order valence-electron chi connectivity index (χ2n) is 5.69. The molecule has 0 bridgehead atoms. The van der Waals surface area contributed by atoms with Gasteiger partial charge in [-0.05, 0) is 29.9 Å². The molecular weight excluding hydrogens is 224 g/mol. The third-order valence-electron chi connectivity index (χ3n) is 3.60.